The van der Waals surface area contributed by atoms with Crippen LogP contribution in [0.4, 0.5) is 0 Å². The Hall–Kier alpha value is -0.0800. The molecule has 2 heteroatoms. The van der Waals surface area contributed by atoms with Gasteiger partial charge in [-0.15, -0.1) is 0 Å². The maximum atomic E-state index is 5.52. The van der Waals surface area contributed by atoms with Crippen LogP contribution in [0.1, 0.15) is 72.1 Å². The fourth-order valence-electron chi connectivity index (χ4n) is 3.61. The topological polar surface area (TPSA) is 21.3 Å². The van der Waals surface area contributed by atoms with Gasteiger partial charge in [0.15, 0.2) is 0 Å². The summed E-state index contributed by atoms with van der Waals surface area (Å²) in [4.78, 5) is 0. The lowest BCUT2D eigenvalue weighted by Gasteiger charge is -2.42. The van der Waals surface area contributed by atoms with Gasteiger partial charge in [0, 0.05) is 13.7 Å². The van der Waals surface area contributed by atoms with Crippen LogP contribution < -0.4 is 5.32 Å². The molecule has 1 unspecified atom stereocenters. The summed E-state index contributed by atoms with van der Waals surface area (Å²) < 4.78 is 5.52. The highest BCUT2D eigenvalue weighted by atomic mass is 16.5. The molecule has 0 aromatic carbocycles. The van der Waals surface area contributed by atoms with Gasteiger partial charge in [-0.1, -0.05) is 33.1 Å². The Morgan fingerprint density at radius 2 is 1.95 bits per heavy atom. The van der Waals surface area contributed by atoms with E-state index in [-0.39, 0.29) is 0 Å². The molecule has 0 aromatic heterocycles. The van der Waals surface area contributed by atoms with Crippen molar-refractivity contribution in [2.75, 3.05) is 20.2 Å². The summed E-state index contributed by atoms with van der Waals surface area (Å²) in [6.07, 6.45) is 11.5. The first-order valence-corrected chi connectivity index (χ1v) is 8.39. The minimum atomic E-state index is 0.394. The predicted octanol–water partition coefficient (Wildman–Crippen LogP) is 4.39. The van der Waals surface area contributed by atoms with Crippen LogP contribution in [-0.2, 0) is 4.74 Å². The molecule has 0 spiro atoms. The van der Waals surface area contributed by atoms with E-state index >= 15 is 0 Å². The number of hydrogen-bond acceptors (Lipinski definition) is 2. The molecule has 0 heterocycles. The number of rotatable bonds is 9. The SMILES string of the molecule is CCCCC1CCC(CNCC)(CC(C)OC)CC1. The highest BCUT2D eigenvalue weighted by molar-refractivity contribution is 4.89. The van der Waals surface area contributed by atoms with Gasteiger partial charge in [-0.05, 0) is 56.9 Å². The molecule has 1 fully saturated rings. The quantitative estimate of drug-likeness (QED) is 0.670. The van der Waals surface area contributed by atoms with Gasteiger partial charge in [0.1, 0.15) is 0 Å². The molecule has 0 saturated heterocycles. The summed E-state index contributed by atoms with van der Waals surface area (Å²) in [7, 11) is 1.85. The molecule has 1 rings (SSSR count). The molecule has 1 aliphatic rings. The summed E-state index contributed by atoms with van der Waals surface area (Å²) in [5.41, 5.74) is 0.494. The van der Waals surface area contributed by atoms with Crippen LogP contribution in [0.15, 0.2) is 0 Å². The van der Waals surface area contributed by atoms with E-state index in [0.29, 0.717) is 11.5 Å². The Morgan fingerprint density at radius 3 is 2.47 bits per heavy atom. The fraction of sp³-hybridized carbons (Fsp3) is 1.00. The summed E-state index contributed by atoms with van der Waals surface area (Å²) in [5, 5.41) is 3.59. The third-order valence-corrected chi connectivity index (χ3v) is 5.00. The minimum Gasteiger partial charge on any atom is -0.382 e. The van der Waals surface area contributed by atoms with Gasteiger partial charge < -0.3 is 10.1 Å². The summed E-state index contributed by atoms with van der Waals surface area (Å²) in [6.45, 7) is 9.00. The molecule has 0 aliphatic heterocycles. The number of ether oxygens (including phenoxy) is 1. The van der Waals surface area contributed by atoms with Crippen LogP contribution in [0.2, 0.25) is 0 Å². The van der Waals surface area contributed by atoms with Crippen molar-refractivity contribution >= 4 is 0 Å². The lowest BCUT2D eigenvalue weighted by atomic mass is 9.67. The van der Waals surface area contributed by atoms with E-state index < -0.39 is 0 Å². The molecule has 114 valence electrons. The van der Waals surface area contributed by atoms with Crippen molar-refractivity contribution in [2.24, 2.45) is 11.3 Å². The van der Waals surface area contributed by atoms with Gasteiger partial charge in [-0.3, -0.25) is 0 Å². The van der Waals surface area contributed by atoms with Crippen LogP contribution in [0, 0.1) is 11.3 Å². The normalized spacial score (nSPS) is 29.4. The van der Waals surface area contributed by atoms with Crippen molar-refractivity contribution in [3.05, 3.63) is 0 Å². The van der Waals surface area contributed by atoms with E-state index in [9.17, 15) is 0 Å². The van der Waals surface area contributed by atoms with Gasteiger partial charge in [-0.2, -0.15) is 0 Å². The van der Waals surface area contributed by atoms with Crippen molar-refractivity contribution in [2.45, 2.75) is 78.2 Å². The van der Waals surface area contributed by atoms with E-state index in [2.05, 4.69) is 26.1 Å². The predicted molar refractivity (Wildman–Crippen MR) is 83.5 cm³/mol. The summed E-state index contributed by atoms with van der Waals surface area (Å²) in [6, 6.07) is 0. The van der Waals surface area contributed by atoms with Gasteiger partial charge >= 0.3 is 0 Å². The zero-order chi connectivity index (χ0) is 14.1. The summed E-state index contributed by atoms with van der Waals surface area (Å²) >= 11 is 0. The Labute approximate surface area is 120 Å². The number of methoxy groups -OCH3 is 1. The van der Waals surface area contributed by atoms with E-state index in [1.807, 2.05) is 7.11 Å². The van der Waals surface area contributed by atoms with Gasteiger partial charge in [0.25, 0.3) is 0 Å². The van der Waals surface area contributed by atoms with Crippen LogP contribution in [0.5, 0.6) is 0 Å². The lowest BCUT2D eigenvalue weighted by Crippen LogP contribution is -2.40. The van der Waals surface area contributed by atoms with E-state index in [4.69, 9.17) is 4.74 Å². The maximum Gasteiger partial charge on any atom is 0.0549 e. The molecule has 1 N–H and O–H groups in total. The van der Waals surface area contributed by atoms with E-state index in [1.54, 1.807) is 0 Å². The van der Waals surface area contributed by atoms with Crippen molar-refractivity contribution < 1.29 is 4.74 Å². The first-order chi connectivity index (χ1) is 9.15. The first kappa shape index (κ1) is 17.0. The largest absolute Gasteiger partial charge is 0.382 e. The van der Waals surface area contributed by atoms with Crippen molar-refractivity contribution in [1.82, 2.24) is 5.32 Å². The van der Waals surface area contributed by atoms with Gasteiger partial charge in [-0.25, -0.2) is 0 Å². The Kier molecular flexibility index (Phi) is 8.01. The van der Waals surface area contributed by atoms with E-state index in [1.165, 1.54) is 57.9 Å². The molecule has 1 aliphatic carbocycles. The molecule has 1 atom stereocenters. The number of nitrogens with one attached hydrogen (secondary N) is 1. The molecular formula is C17H35NO. The third kappa shape index (κ3) is 5.83. The van der Waals surface area contributed by atoms with Gasteiger partial charge in [0.2, 0.25) is 0 Å². The number of unbranched alkanes of at least 4 members (excludes halogenated alkanes) is 1. The van der Waals surface area contributed by atoms with Crippen LogP contribution >= 0.6 is 0 Å². The Balaban J connectivity index is 2.48. The second-order valence-electron chi connectivity index (χ2n) is 6.62. The maximum absolute atomic E-state index is 5.52. The molecule has 19 heavy (non-hydrogen) atoms. The lowest BCUT2D eigenvalue weighted by molar-refractivity contribution is 0.0354. The molecule has 0 aromatic rings. The summed E-state index contributed by atoms with van der Waals surface area (Å²) in [5.74, 6) is 0.993. The van der Waals surface area contributed by atoms with Crippen LogP contribution in [-0.4, -0.2) is 26.3 Å². The average molecular weight is 269 g/mol. The fourth-order valence-corrected chi connectivity index (χ4v) is 3.61. The number of hydrogen-bond donors (Lipinski definition) is 1. The molecule has 0 radical (unpaired) electrons. The van der Waals surface area contributed by atoms with Crippen molar-refractivity contribution in [3.63, 3.8) is 0 Å². The molecule has 0 bridgehead atoms. The standard InChI is InChI=1S/C17H35NO/c1-5-7-8-16-9-11-17(12-10-16,14-18-6-2)13-15(3)19-4/h15-16,18H,5-14H2,1-4H3. The average Bonchev–Trinajstić information content (AvgIpc) is 2.44. The van der Waals surface area contributed by atoms with Crippen LogP contribution in [0.25, 0.3) is 0 Å². The molecule has 1 saturated carbocycles. The van der Waals surface area contributed by atoms with Crippen molar-refractivity contribution in [1.29, 1.82) is 0 Å². The second kappa shape index (κ2) is 8.97. The van der Waals surface area contributed by atoms with Crippen molar-refractivity contribution in [3.8, 4) is 0 Å². The van der Waals surface area contributed by atoms with E-state index in [0.717, 1.165) is 12.5 Å². The molecular weight excluding hydrogens is 234 g/mol. The highest BCUT2D eigenvalue weighted by Gasteiger charge is 2.35. The minimum absolute atomic E-state index is 0.394. The Morgan fingerprint density at radius 1 is 1.26 bits per heavy atom. The Bertz CT molecular complexity index is 221. The highest BCUT2D eigenvalue weighted by Crippen LogP contribution is 2.43. The molecule has 2 nitrogen and oxygen atoms in total. The first-order valence-electron chi connectivity index (χ1n) is 8.39. The van der Waals surface area contributed by atoms with Crippen LogP contribution in [0.3, 0.4) is 0 Å². The molecule has 0 amide bonds. The van der Waals surface area contributed by atoms with Gasteiger partial charge in [0.05, 0.1) is 6.10 Å². The zero-order valence-electron chi connectivity index (χ0n) is 13.6. The third-order valence-electron chi connectivity index (χ3n) is 5.00. The zero-order valence-corrected chi connectivity index (χ0v) is 13.6. The second-order valence-corrected chi connectivity index (χ2v) is 6.62. The monoisotopic (exact) mass is 269 g/mol. The smallest absolute Gasteiger partial charge is 0.0549 e.